The number of rotatable bonds is 5. The van der Waals surface area contributed by atoms with Gasteiger partial charge in [0.1, 0.15) is 0 Å². The molecular formula is C19H29NO2S. The van der Waals surface area contributed by atoms with Gasteiger partial charge in [0.25, 0.3) is 10.0 Å². The molecule has 1 aliphatic heterocycles. The van der Waals surface area contributed by atoms with Gasteiger partial charge in [-0.1, -0.05) is 59.8 Å². The molecule has 1 heterocycles. The minimum Gasteiger partial charge on any atom is -0.273 e. The van der Waals surface area contributed by atoms with Gasteiger partial charge in [0.05, 0.1) is 4.90 Å². The number of hydrogen-bond acceptors (Lipinski definition) is 2. The normalized spacial score (nSPS) is 15.4. The van der Waals surface area contributed by atoms with Gasteiger partial charge in [-0.25, -0.2) is 8.42 Å². The van der Waals surface area contributed by atoms with Crippen LogP contribution in [0.1, 0.15) is 82.4 Å². The molecule has 0 spiro atoms. The van der Waals surface area contributed by atoms with E-state index in [9.17, 15) is 8.42 Å². The van der Waals surface area contributed by atoms with Gasteiger partial charge in [-0.3, -0.25) is 4.31 Å². The summed E-state index contributed by atoms with van der Waals surface area (Å²) in [5.41, 5.74) is 3.11. The fourth-order valence-electron chi connectivity index (χ4n) is 2.97. The molecule has 0 amide bonds. The van der Waals surface area contributed by atoms with Crippen molar-refractivity contribution < 1.29 is 8.42 Å². The molecule has 3 nitrogen and oxygen atoms in total. The molecule has 4 heteroatoms. The first-order valence-corrected chi connectivity index (χ1v) is 9.96. The van der Waals surface area contributed by atoms with Crippen LogP contribution in [0.5, 0.6) is 0 Å². The molecule has 0 radical (unpaired) electrons. The van der Waals surface area contributed by atoms with Crippen molar-refractivity contribution in [2.45, 2.75) is 70.6 Å². The minimum atomic E-state index is -3.49. The van der Waals surface area contributed by atoms with Crippen molar-refractivity contribution in [3.8, 4) is 0 Å². The summed E-state index contributed by atoms with van der Waals surface area (Å²) in [6.07, 6.45) is 4.42. The number of sulfonamides is 1. The van der Waals surface area contributed by atoms with Crippen molar-refractivity contribution in [1.29, 1.82) is 0 Å². The van der Waals surface area contributed by atoms with Crippen LogP contribution >= 0.6 is 0 Å². The van der Waals surface area contributed by atoms with Crippen LogP contribution in [0.25, 0.3) is 0 Å². The molecule has 0 atom stereocenters. The lowest BCUT2D eigenvalue weighted by molar-refractivity contribution is 0.512. The van der Waals surface area contributed by atoms with Gasteiger partial charge >= 0.3 is 0 Å². The van der Waals surface area contributed by atoms with Crippen molar-refractivity contribution in [2.24, 2.45) is 0 Å². The van der Waals surface area contributed by atoms with E-state index in [1.807, 2.05) is 6.08 Å². The van der Waals surface area contributed by atoms with E-state index in [1.54, 1.807) is 6.20 Å². The Hall–Kier alpha value is -1.29. The molecule has 0 fully saturated rings. The quantitative estimate of drug-likeness (QED) is 0.762. The number of benzene rings is 1. The number of hydrogen-bond donors (Lipinski definition) is 0. The largest absolute Gasteiger partial charge is 0.273 e. The van der Waals surface area contributed by atoms with E-state index in [1.165, 1.54) is 9.87 Å². The highest BCUT2D eigenvalue weighted by atomic mass is 32.2. The molecule has 0 aliphatic carbocycles. The minimum absolute atomic E-state index is 0.169. The number of nitrogens with zero attached hydrogens (tertiary/aromatic N) is 1. The van der Waals surface area contributed by atoms with Crippen molar-refractivity contribution >= 4 is 10.0 Å². The van der Waals surface area contributed by atoms with Crippen molar-refractivity contribution in [3.63, 3.8) is 0 Å². The van der Waals surface area contributed by atoms with Crippen LogP contribution < -0.4 is 0 Å². The lowest BCUT2D eigenvalue weighted by atomic mass is 9.89. The average molecular weight is 336 g/mol. The summed E-state index contributed by atoms with van der Waals surface area (Å²) in [6.45, 7) is 13.1. The van der Waals surface area contributed by atoms with Crippen LogP contribution in [0.4, 0.5) is 0 Å². The molecule has 0 saturated heterocycles. The first-order valence-electron chi connectivity index (χ1n) is 8.52. The second kappa shape index (κ2) is 6.68. The fraction of sp³-hybridized carbons (Fsp3) is 0.579. The predicted molar refractivity (Wildman–Crippen MR) is 96.4 cm³/mol. The maximum Gasteiger partial charge on any atom is 0.264 e. The average Bonchev–Trinajstić information content (AvgIpc) is 3.00. The Morgan fingerprint density at radius 2 is 1.43 bits per heavy atom. The van der Waals surface area contributed by atoms with Gasteiger partial charge < -0.3 is 0 Å². The zero-order valence-corrected chi connectivity index (χ0v) is 15.9. The van der Waals surface area contributed by atoms with Crippen LogP contribution in [0.15, 0.2) is 29.3 Å². The molecule has 128 valence electrons. The Kier molecular flexibility index (Phi) is 5.24. The Balaban J connectivity index is 2.76. The van der Waals surface area contributed by atoms with E-state index in [0.717, 1.165) is 17.5 Å². The van der Waals surface area contributed by atoms with E-state index >= 15 is 0 Å². The van der Waals surface area contributed by atoms with E-state index in [-0.39, 0.29) is 11.8 Å². The first-order chi connectivity index (χ1) is 10.7. The highest BCUT2D eigenvalue weighted by molar-refractivity contribution is 7.89. The van der Waals surface area contributed by atoms with Gasteiger partial charge in [-0.2, -0.15) is 0 Å². The Bertz CT molecular complexity index is 671. The van der Waals surface area contributed by atoms with E-state index in [0.29, 0.717) is 17.4 Å². The second-order valence-corrected chi connectivity index (χ2v) is 9.11. The molecule has 23 heavy (non-hydrogen) atoms. The van der Waals surface area contributed by atoms with Crippen molar-refractivity contribution in [2.75, 3.05) is 6.54 Å². The third-order valence-corrected chi connectivity index (χ3v) is 6.34. The standard InChI is InChI=1S/C19H29NO2S/c1-13(2)16-11-17(14(3)4)19(18(12-16)15(5)6)23(21,22)20-9-7-8-10-20/h7,9,11-15H,8,10H2,1-6H3. The molecule has 0 bridgehead atoms. The Morgan fingerprint density at radius 3 is 1.78 bits per heavy atom. The molecule has 0 aromatic heterocycles. The van der Waals surface area contributed by atoms with Gasteiger partial charge in [0, 0.05) is 12.7 Å². The summed E-state index contributed by atoms with van der Waals surface area (Å²) in [6, 6.07) is 4.18. The molecule has 0 N–H and O–H groups in total. The highest BCUT2D eigenvalue weighted by Gasteiger charge is 2.31. The molecule has 1 aliphatic rings. The summed E-state index contributed by atoms with van der Waals surface area (Å²) in [4.78, 5) is 0.526. The summed E-state index contributed by atoms with van der Waals surface area (Å²) < 4.78 is 28.0. The Labute approximate surface area is 141 Å². The monoisotopic (exact) mass is 335 g/mol. The SMILES string of the molecule is CC(C)c1cc(C(C)C)c(S(=O)(=O)N2C=CCC2)c(C(C)C)c1. The summed E-state index contributed by atoms with van der Waals surface area (Å²) in [5.74, 6) is 0.721. The second-order valence-electron chi connectivity index (χ2n) is 7.28. The highest BCUT2D eigenvalue weighted by Crippen LogP contribution is 2.37. The van der Waals surface area contributed by atoms with Gasteiger partial charge in [-0.05, 0) is 40.9 Å². The summed E-state index contributed by atoms with van der Waals surface area (Å²) in [7, 11) is -3.49. The lowest BCUT2D eigenvalue weighted by Crippen LogP contribution is -2.27. The molecular weight excluding hydrogens is 306 g/mol. The van der Waals surface area contributed by atoms with Crippen LogP contribution in [-0.4, -0.2) is 19.3 Å². The zero-order valence-electron chi connectivity index (χ0n) is 15.1. The van der Waals surface area contributed by atoms with E-state index in [2.05, 4.69) is 53.7 Å². The Morgan fingerprint density at radius 1 is 0.913 bits per heavy atom. The van der Waals surface area contributed by atoms with Crippen LogP contribution in [0.3, 0.4) is 0 Å². The van der Waals surface area contributed by atoms with Gasteiger partial charge in [0.2, 0.25) is 0 Å². The fourth-order valence-corrected chi connectivity index (χ4v) is 4.98. The van der Waals surface area contributed by atoms with Crippen LogP contribution in [0, 0.1) is 0 Å². The summed E-state index contributed by atoms with van der Waals surface area (Å²) in [5, 5.41) is 0. The third kappa shape index (κ3) is 3.47. The van der Waals surface area contributed by atoms with Gasteiger partial charge in [-0.15, -0.1) is 0 Å². The van der Waals surface area contributed by atoms with Gasteiger partial charge in [0.15, 0.2) is 0 Å². The van der Waals surface area contributed by atoms with E-state index in [4.69, 9.17) is 0 Å². The first kappa shape index (κ1) is 18.1. The predicted octanol–water partition coefficient (Wildman–Crippen LogP) is 4.96. The van der Waals surface area contributed by atoms with E-state index < -0.39 is 10.0 Å². The molecule has 1 aromatic rings. The smallest absolute Gasteiger partial charge is 0.264 e. The molecule has 1 aromatic carbocycles. The topological polar surface area (TPSA) is 37.4 Å². The van der Waals surface area contributed by atoms with Crippen LogP contribution in [0.2, 0.25) is 0 Å². The molecule has 0 unspecified atom stereocenters. The summed E-state index contributed by atoms with van der Waals surface area (Å²) >= 11 is 0. The molecule has 0 saturated carbocycles. The lowest BCUT2D eigenvalue weighted by Gasteiger charge is -2.26. The molecule has 2 rings (SSSR count). The zero-order chi connectivity index (χ0) is 17.4. The van der Waals surface area contributed by atoms with Crippen LogP contribution in [-0.2, 0) is 10.0 Å². The van der Waals surface area contributed by atoms with Crippen molar-refractivity contribution in [1.82, 2.24) is 4.31 Å². The third-order valence-electron chi connectivity index (χ3n) is 4.43. The maximum absolute atomic E-state index is 13.2. The van der Waals surface area contributed by atoms with Crippen molar-refractivity contribution in [3.05, 3.63) is 41.1 Å². The maximum atomic E-state index is 13.2.